The lowest BCUT2D eigenvalue weighted by Gasteiger charge is -2.13. The van der Waals surface area contributed by atoms with E-state index in [0.29, 0.717) is 16.8 Å². The molecule has 0 aliphatic rings. The number of amides is 1. The number of ether oxygens (including phenoxy) is 1. The van der Waals surface area contributed by atoms with Gasteiger partial charge in [0.1, 0.15) is 11.6 Å². The Kier molecular flexibility index (Phi) is 7.11. The van der Waals surface area contributed by atoms with Crippen LogP contribution in [0, 0.1) is 22.7 Å². The van der Waals surface area contributed by atoms with Crippen LogP contribution >= 0.6 is 0 Å². The third kappa shape index (κ3) is 5.95. The molecular weight excluding hydrogens is 368 g/mol. The number of esters is 1. The molecule has 0 fully saturated rings. The largest absolute Gasteiger partial charge is 0.448 e. The van der Waals surface area contributed by atoms with Gasteiger partial charge in [0.15, 0.2) is 6.10 Å². The van der Waals surface area contributed by atoms with Crippen molar-refractivity contribution < 1.29 is 14.3 Å². The molecule has 7 heteroatoms. The minimum atomic E-state index is -1.12. The zero-order valence-corrected chi connectivity index (χ0v) is 16.3. The Labute approximate surface area is 169 Å². The Balaban J connectivity index is 2.05. The molecule has 0 radical (unpaired) electrons. The summed E-state index contributed by atoms with van der Waals surface area (Å²) in [7, 11) is 3.82. The first-order valence-electron chi connectivity index (χ1n) is 8.75. The maximum atomic E-state index is 12.3. The molecule has 0 saturated heterocycles. The van der Waals surface area contributed by atoms with Gasteiger partial charge in [-0.25, -0.2) is 4.79 Å². The van der Waals surface area contributed by atoms with Crippen molar-refractivity contribution in [2.45, 2.75) is 13.0 Å². The molecule has 7 nitrogen and oxygen atoms in total. The Bertz CT molecular complexity index is 1010. The van der Waals surface area contributed by atoms with Gasteiger partial charge in [0, 0.05) is 25.5 Å². The molecule has 0 aromatic heterocycles. The second-order valence-corrected chi connectivity index (χ2v) is 6.39. The number of carbonyl (C=O) groups is 2. The zero-order chi connectivity index (χ0) is 21.4. The Morgan fingerprint density at radius 3 is 2.41 bits per heavy atom. The van der Waals surface area contributed by atoms with E-state index >= 15 is 0 Å². The van der Waals surface area contributed by atoms with E-state index in [1.54, 1.807) is 36.4 Å². The molecular formula is C22H20N4O3. The number of nitrogens with zero attached hydrogens (tertiary/aromatic N) is 3. The van der Waals surface area contributed by atoms with Gasteiger partial charge in [0.05, 0.1) is 11.6 Å². The monoisotopic (exact) mass is 388 g/mol. The van der Waals surface area contributed by atoms with Crippen molar-refractivity contribution in [3.63, 3.8) is 0 Å². The van der Waals surface area contributed by atoms with Gasteiger partial charge in [-0.3, -0.25) is 4.79 Å². The highest BCUT2D eigenvalue weighted by Gasteiger charge is 2.20. The van der Waals surface area contributed by atoms with E-state index in [2.05, 4.69) is 5.32 Å². The fourth-order valence-corrected chi connectivity index (χ4v) is 2.36. The zero-order valence-electron chi connectivity index (χ0n) is 16.3. The summed E-state index contributed by atoms with van der Waals surface area (Å²) in [6.45, 7) is 1.41. The lowest BCUT2D eigenvalue weighted by atomic mass is 10.1. The van der Waals surface area contributed by atoms with Gasteiger partial charge in [0.25, 0.3) is 5.91 Å². The smallest absolute Gasteiger partial charge is 0.349 e. The molecule has 0 spiro atoms. The molecule has 0 aliphatic heterocycles. The third-order valence-corrected chi connectivity index (χ3v) is 3.97. The molecule has 0 aliphatic carbocycles. The molecule has 2 aromatic rings. The highest BCUT2D eigenvalue weighted by Crippen LogP contribution is 2.16. The standard InChI is InChI=1S/C22H20N4O3/c1-15(21(27)25-19-6-4-5-17(12-19)13-23)29-22(28)18(14-24)11-16-7-9-20(10-8-16)26(2)3/h4-12,15H,1-3H3,(H,25,27)/b18-11+. The molecule has 2 rings (SSSR count). The molecule has 1 amide bonds. The predicted molar refractivity (Wildman–Crippen MR) is 110 cm³/mol. The number of hydrogen-bond acceptors (Lipinski definition) is 6. The highest BCUT2D eigenvalue weighted by atomic mass is 16.5. The second kappa shape index (κ2) is 9.72. The average molecular weight is 388 g/mol. The summed E-state index contributed by atoms with van der Waals surface area (Å²) < 4.78 is 5.11. The summed E-state index contributed by atoms with van der Waals surface area (Å²) in [6, 6.07) is 17.4. The molecule has 1 N–H and O–H groups in total. The van der Waals surface area contributed by atoms with Crippen molar-refractivity contribution in [3.05, 3.63) is 65.2 Å². The van der Waals surface area contributed by atoms with Gasteiger partial charge in [-0.05, 0) is 48.9 Å². The maximum absolute atomic E-state index is 12.3. The first-order valence-corrected chi connectivity index (χ1v) is 8.75. The van der Waals surface area contributed by atoms with Crippen molar-refractivity contribution in [2.24, 2.45) is 0 Å². The van der Waals surface area contributed by atoms with Gasteiger partial charge in [-0.2, -0.15) is 10.5 Å². The number of carbonyl (C=O) groups excluding carboxylic acids is 2. The van der Waals surface area contributed by atoms with E-state index in [4.69, 9.17) is 10.00 Å². The van der Waals surface area contributed by atoms with Crippen LogP contribution in [0.5, 0.6) is 0 Å². The van der Waals surface area contributed by atoms with Crippen molar-refractivity contribution in [1.82, 2.24) is 0 Å². The first kappa shape index (κ1) is 21.2. The summed E-state index contributed by atoms with van der Waals surface area (Å²) in [5.41, 5.74) is 2.23. The Morgan fingerprint density at radius 1 is 1.14 bits per heavy atom. The summed E-state index contributed by atoms with van der Waals surface area (Å²) in [6.07, 6.45) is 0.282. The molecule has 0 saturated carbocycles. The Morgan fingerprint density at radius 2 is 1.83 bits per heavy atom. The summed E-state index contributed by atoms with van der Waals surface area (Å²) in [5, 5.41) is 20.8. The third-order valence-electron chi connectivity index (χ3n) is 3.97. The van der Waals surface area contributed by atoms with Gasteiger partial charge < -0.3 is 15.0 Å². The van der Waals surface area contributed by atoms with E-state index in [9.17, 15) is 14.9 Å². The molecule has 1 atom stereocenters. The molecule has 29 heavy (non-hydrogen) atoms. The van der Waals surface area contributed by atoms with Crippen LogP contribution in [0.1, 0.15) is 18.1 Å². The number of rotatable bonds is 6. The average Bonchev–Trinajstić information content (AvgIpc) is 2.72. The molecule has 0 bridgehead atoms. The van der Waals surface area contributed by atoms with E-state index in [0.717, 1.165) is 5.69 Å². The van der Waals surface area contributed by atoms with Crippen LogP contribution in [0.15, 0.2) is 54.1 Å². The highest BCUT2D eigenvalue weighted by molar-refractivity contribution is 6.01. The van der Waals surface area contributed by atoms with Crippen molar-refractivity contribution in [2.75, 3.05) is 24.3 Å². The van der Waals surface area contributed by atoms with Gasteiger partial charge in [-0.1, -0.05) is 18.2 Å². The topological polar surface area (TPSA) is 106 Å². The fourth-order valence-electron chi connectivity index (χ4n) is 2.36. The summed E-state index contributed by atoms with van der Waals surface area (Å²) in [5.74, 6) is -1.46. The fraction of sp³-hybridized carbons (Fsp3) is 0.182. The second-order valence-electron chi connectivity index (χ2n) is 6.39. The van der Waals surface area contributed by atoms with Crippen molar-refractivity contribution in [1.29, 1.82) is 10.5 Å². The lowest BCUT2D eigenvalue weighted by molar-refractivity contribution is -0.148. The van der Waals surface area contributed by atoms with Crippen LogP contribution in [-0.2, 0) is 14.3 Å². The molecule has 1 unspecified atom stereocenters. The van der Waals surface area contributed by atoms with Gasteiger partial charge >= 0.3 is 5.97 Å². The normalized spacial score (nSPS) is 11.6. The Hall–Kier alpha value is -4.10. The number of nitrogens with one attached hydrogen (secondary N) is 1. The van der Waals surface area contributed by atoms with Crippen LogP contribution in [0.4, 0.5) is 11.4 Å². The van der Waals surface area contributed by atoms with E-state index < -0.39 is 18.0 Å². The van der Waals surface area contributed by atoms with E-state index in [1.165, 1.54) is 19.1 Å². The lowest BCUT2D eigenvalue weighted by Crippen LogP contribution is -2.30. The molecule has 0 heterocycles. The van der Waals surface area contributed by atoms with Crippen LogP contribution in [0.3, 0.4) is 0 Å². The van der Waals surface area contributed by atoms with Gasteiger partial charge in [-0.15, -0.1) is 0 Å². The number of nitriles is 2. The first-order chi connectivity index (χ1) is 13.8. The van der Waals surface area contributed by atoms with Gasteiger partial charge in [0.2, 0.25) is 0 Å². The summed E-state index contributed by atoms with van der Waals surface area (Å²) >= 11 is 0. The number of hydrogen-bond donors (Lipinski definition) is 1. The predicted octanol–water partition coefficient (Wildman–Crippen LogP) is 3.10. The number of benzene rings is 2. The van der Waals surface area contributed by atoms with Crippen LogP contribution in [0.25, 0.3) is 6.08 Å². The van der Waals surface area contributed by atoms with E-state index in [1.807, 2.05) is 37.2 Å². The van der Waals surface area contributed by atoms with E-state index in [-0.39, 0.29) is 5.57 Å². The SMILES string of the molecule is CC(OC(=O)/C(C#N)=C/c1ccc(N(C)C)cc1)C(=O)Nc1cccc(C#N)c1. The van der Waals surface area contributed by atoms with Crippen molar-refractivity contribution >= 4 is 29.3 Å². The molecule has 2 aromatic carbocycles. The minimum Gasteiger partial charge on any atom is -0.448 e. The quantitative estimate of drug-likeness (QED) is 0.463. The van der Waals surface area contributed by atoms with Crippen molar-refractivity contribution in [3.8, 4) is 12.1 Å². The van der Waals surface area contributed by atoms with Crippen LogP contribution in [-0.4, -0.2) is 32.1 Å². The van der Waals surface area contributed by atoms with Crippen LogP contribution < -0.4 is 10.2 Å². The number of anilines is 2. The summed E-state index contributed by atoms with van der Waals surface area (Å²) in [4.78, 5) is 26.4. The van der Waals surface area contributed by atoms with Crippen LogP contribution in [0.2, 0.25) is 0 Å². The minimum absolute atomic E-state index is 0.214. The molecule has 146 valence electrons. The maximum Gasteiger partial charge on any atom is 0.349 e.